The highest BCUT2D eigenvalue weighted by Gasteiger charge is 2.65. The molecule has 1 aliphatic carbocycles. The van der Waals surface area contributed by atoms with E-state index in [1.54, 1.807) is 0 Å². The number of carbonyl (C=O) groups excluding carboxylic acids is 1. The molecule has 0 aromatic rings. The molecule has 9 nitrogen and oxygen atoms in total. The molecule has 2 aliphatic heterocycles. The molecule has 2 bridgehead atoms. The number of urea groups is 1. The van der Waals surface area contributed by atoms with Gasteiger partial charge in [0.1, 0.15) is 11.8 Å². The topological polar surface area (TPSA) is 118 Å². The second-order valence-electron chi connectivity index (χ2n) is 6.68. The van der Waals surface area contributed by atoms with Crippen LogP contribution in [0.2, 0.25) is 0 Å². The summed E-state index contributed by atoms with van der Waals surface area (Å²) in [6.07, 6.45) is -2.62. The molecule has 2 atom stereocenters. The van der Waals surface area contributed by atoms with E-state index in [1.165, 1.54) is 11.9 Å². The quantitative estimate of drug-likeness (QED) is 0.403. The third kappa shape index (κ3) is 2.90. The molecule has 11 heteroatoms. The minimum atomic E-state index is -4.49. The molecule has 144 valence electrons. The Morgan fingerprint density at radius 2 is 2.19 bits per heavy atom. The SMILES string of the molecule is C=C(CN)OC(=NC)[C@@H]1CC2(CC2)[C@H]2CN1C(=O)N2OC(F)(F)C(=O)O. The fraction of sp³-hybridized carbons (Fsp3) is 0.667. The first kappa shape index (κ1) is 18.5. The largest absolute Gasteiger partial charge is 0.476 e. The van der Waals surface area contributed by atoms with E-state index < -0.39 is 35.6 Å². The van der Waals surface area contributed by atoms with Crippen molar-refractivity contribution in [2.75, 3.05) is 20.1 Å². The van der Waals surface area contributed by atoms with E-state index in [4.69, 9.17) is 15.6 Å². The molecular weight excluding hydrogens is 354 g/mol. The van der Waals surface area contributed by atoms with Crippen LogP contribution >= 0.6 is 0 Å². The summed E-state index contributed by atoms with van der Waals surface area (Å²) < 4.78 is 32.6. The summed E-state index contributed by atoms with van der Waals surface area (Å²) in [5.41, 5.74) is 5.04. The lowest BCUT2D eigenvalue weighted by Gasteiger charge is -2.36. The van der Waals surface area contributed by atoms with E-state index >= 15 is 0 Å². The lowest BCUT2D eigenvalue weighted by Crippen LogP contribution is -2.50. The number of hydrogen-bond acceptors (Lipinski definition) is 6. The summed E-state index contributed by atoms with van der Waals surface area (Å²) in [6, 6.07) is -2.07. The molecule has 0 aromatic heterocycles. The van der Waals surface area contributed by atoms with E-state index in [0.29, 0.717) is 24.3 Å². The number of amides is 2. The van der Waals surface area contributed by atoms with Gasteiger partial charge in [-0.2, -0.15) is 18.7 Å². The maximum absolute atomic E-state index is 13.5. The Morgan fingerprint density at radius 3 is 2.69 bits per heavy atom. The van der Waals surface area contributed by atoms with E-state index in [2.05, 4.69) is 16.4 Å². The highest BCUT2D eigenvalue weighted by Crippen LogP contribution is 2.59. The third-order valence-corrected chi connectivity index (χ3v) is 5.11. The number of aliphatic imine (C=N–C) groups is 1. The minimum absolute atomic E-state index is 0.0630. The number of nitrogens with two attached hydrogens (primary N) is 1. The lowest BCUT2D eigenvalue weighted by atomic mass is 9.85. The van der Waals surface area contributed by atoms with Crippen molar-refractivity contribution < 1.29 is 33.1 Å². The van der Waals surface area contributed by atoms with Gasteiger partial charge < -0.3 is 20.5 Å². The highest BCUT2D eigenvalue weighted by molar-refractivity contribution is 5.89. The normalized spacial score (nSPS) is 27.1. The van der Waals surface area contributed by atoms with Crippen molar-refractivity contribution in [3.63, 3.8) is 0 Å². The van der Waals surface area contributed by atoms with Gasteiger partial charge in [-0.15, -0.1) is 0 Å². The average Bonchev–Trinajstić information content (AvgIpc) is 3.30. The number of nitrogens with zero attached hydrogens (tertiary/aromatic N) is 3. The standard InChI is InChI=1S/C15H20F2N4O5/c1-8(6-18)25-11(19-2)9-5-14(3-4-14)10-7-20(9)13(24)21(10)26-15(16,17)12(22)23/h9-10H,1,3-7,18H2,2H3,(H,22,23)/t9-,10+/m0/s1. The van der Waals surface area contributed by atoms with E-state index in [1.807, 2.05) is 0 Å². The van der Waals surface area contributed by atoms with Gasteiger partial charge in [-0.3, -0.25) is 4.99 Å². The number of hydrogen-bond donors (Lipinski definition) is 2. The number of carbonyl (C=O) groups is 2. The molecule has 0 aromatic carbocycles. The molecule has 0 radical (unpaired) electrons. The molecule has 2 amide bonds. The number of aliphatic carboxylic acids is 1. The number of carboxylic acids is 1. The van der Waals surface area contributed by atoms with Crippen LogP contribution in [-0.4, -0.2) is 71.3 Å². The molecule has 2 heterocycles. The summed E-state index contributed by atoms with van der Waals surface area (Å²) in [4.78, 5) is 33.0. The molecule has 0 unspecified atom stereocenters. The number of ether oxygens (including phenoxy) is 1. The monoisotopic (exact) mass is 374 g/mol. The van der Waals surface area contributed by atoms with Gasteiger partial charge in [-0.1, -0.05) is 6.58 Å². The Labute approximate surface area is 148 Å². The molecule has 26 heavy (non-hydrogen) atoms. The van der Waals surface area contributed by atoms with Crippen LogP contribution in [0, 0.1) is 5.41 Å². The molecule has 2 saturated heterocycles. The maximum atomic E-state index is 13.5. The van der Waals surface area contributed by atoms with Crippen molar-refractivity contribution in [2.45, 2.75) is 37.5 Å². The molecule has 1 spiro atoms. The van der Waals surface area contributed by atoms with Crippen LogP contribution in [-0.2, 0) is 14.4 Å². The van der Waals surface area contributed by atoms with E-state index in [0.717, 1.165) is 0 Å². The number of hydroxylamine groups is 2. The fourth-order valence-corrected chi connectivity index (χ4v) is 3.57. The van der Waals surface area contributed by atoms with Crippen molar-refractivity contribution in [2.24, 2.45) is 16.1 Å². The lowest BCUT2D eigenvalue weighted by molar-refractivity contribution is -0.330. The Morgan fingerprint density at radius 1 is 1.54 bits per heavy atom. The molecule has 1 saturated carbocycles. The van der Waals surface area contributed by atoms with Gasteiger partial charge in [-0.25, -0.2) is 9.59 Å². The second-order valence-corrected chi connectivity index (χ2v) is 6.68. The zero-order valence-corrected chi connectivity index (χ0v) is 14.2. The van der Waals surface area contributed by atoms with Crippen LogP contribution in [0.1, 0.15) is 19.3 Å². The van der Waals surface area contributed by atoms with Crippen LogP contribution in [0.3, 0.4) is 0 Å². The number of carboxylic acid groups (broad SMARTS) is 1. The first-order chi connectivity index (χ1) is 12.1. The Hall–Kier alpha value is -2.27. The van der Waals surface area contributed by atoms with Gasteiger partial charge in [0.2, 0.25) is 5.90 Å². The van der Waals surface area contributed by atoms with Gasteiger partial charge in [-0.05, 0) is 24.7 Å². The molecule has 3 rings (SSSR count). The number of piperidine rings is 1. The third-order valence-electron chi connectivity index (χ3n) is 5.11. The van der Waals surface area contributed by atoms with Gasteiger partial charge in [0, 0.05) is 13.6 Å². The van der Waals surface area contributed by atoms with Gasteiger partial charge in [0.15, 0.2) is 0 Å². The summed E-state index contributed by atoms with van der Waals surface area (Å²) >= 11 is 0. The smallest absolute Gasteiger partial charge is 0.475 e. The predicted octanol–water partition coefficient (Wildman–Crippen LogP) is 0.771. The van der Waals surface area contributed by atoms with Gasteiger partial charge >= 0.3 is 18.1 Å². The number of halogens is 2. The van der Waals surface area contributed by atoms with Crippen LogP contribution in [0.25, 0.3) is 0 Å². The predicted molar refractivity (Wildman–Crippen MR) is 84.1 cm³/mol. The van der Waals surface area contributed by atoms with Crippen LogP contribution in [0.15, 0.2) is 17.3 Å². The van der Waals surface area contributed by atoms with E-state index in [-0.39, 0.29) is 24.7 Å². The Kier molecular flexibility index (Phi) is 4.39. The zero-order valence-electron chi connectivity index (χ0n) is 14.2. The van der Waals surface area contributed by atoms with Crippen LogP contribution in [0.4, 0.5) is 13.6 Å². The summed E-state index contributed by atoms with van der Waals surface area (Å²) in [5.74, 6) is -1.98. The van der Waals surface area contributed by atoms with Crippen molar-refractivity contribution in [3.8, 4) is 0 Å². The van der Waals surface area contributed by atoms with Crippen LogP contribution < -0.4 is 5.73 Å². The average molecular weight is 374 g/mol. The van der Waals surface area contributed by atoms with Crippen molar-refractivity contribution in [1.82, 2.24) is 9.96 Å². The molecule has 3 aliphatic rings. The number of fused-ring (bicyclic) bond motifs is 3. The number of alkyl halides is 2. The first-order valence-corrected chi connectivity index (χ1v) is 8.08. The van der Waals surface area contributed by atoms with Crippen LogP contribution in [0.5, 0.6) is 0 Å². The molecule has 3 N–H and O–H groups in total. The minimum Gasteiger partial charge on any atom is -0.475 e. The summed E-state index contributed by atoms with van der Waals surface area (Å²) in [5, 5.41) is 9.10. The van der Waals surface area contributed by atoms with Crippen molar-refractivity contribution in [3.05, 3.63) is 12.3 Å². The Bertz CT molecular complexity index is 679. The highest BCUT2D eigenvalue weighted by atomic mass is 19.3. The van der Waals surface area contributed by atoms with Gasteiger partial charge in [0.25, 0.3) is 0 Å². The first-order valence-electron chi connectivity index (χ1n) is 8.08. The number of rotatable bonds is 6. The fourth-order valence-electron chi connectivity index (χ4n) is 3.57. The maximum Gasteiger partial charge on any atom is 0.476 e. The molecule has 3 fully saturated rings. The molecular formula is C15H20F2N4O5. The van der Waals surface area contributed by atoms with Crippen molar-refractivity contribution in [1.29, 1.82) is 0 Å². The summed E-state index contributed by atoms with van der Waals surface area (Å²) in [6.45, 7) is 3.82. The zero-order chi connectivity index (χ0) is 19.3. The van der Waals surface area contributed by atoms with E-state index in [9.17, 15) is 18.4 Å². The van der Waals surface area contributed by atoms with Crippen molar-refractivity contribution >= 4 is 17.9 Å². The Balaban J connectivity index is 1.86. The second kappa shape index (κ2) is 6.16. The van der Waals surface area contributed by atoms with Gasteiger partial charge in [0.05, 0.1) is 12.6 Å². The summed E-state index contributed by atoms with van der Waals surface area (Å²) in [7, 11) is 1.48.